The molecule has 0 unspecified atom stereocenters. The maximum Gasteiger partial charge on any atom is 0.247 e. The number of hydrogen-bond acceptors (Lipinski definition) is 1. The van der Waals surface area contributed by atoms with E-state index in [1.54, 1.807) is 6.08 Å². The van der Waals surface area contributed by atoms with Crippen LogP contribution in [-0.4, -0.2) is 10.8 Å². The number of carbonyl (C=O) groups excluding carboxylic acids is 1. The lowest BCUT2D eigenvalue weighted by Crippen LogP contribution is -2.47. The third kappa shape index (κ3) is 3.37. The van der Waals surface area contributed by atoms with E-state index in [0.717, 1.165) is 19.3 Å². The standard InChI is InChI=1S/C21H23NO/c1-2-3-6-15-21(23)22-19(17-11-7-4-8-12-17)16-20(22)18-13-9-5-10-14-18/h4-15,19-20H,2-3,16H2,1H3/b15-6+/t19-,20-/m0/s1. The first-order valence-electron chi connectivity index (χ1n) is 8.40. The Balaban J connectivity index is 1.84. The summed E-state index contributed by atoms with van der Waals surface area (Å²) in [6.07, 6.45) is 6.74. The molecule has 0 aliphatic carbocycles. The molecular weight excluding hydrogens is 282 g/mol. The number of nitrogens with zero attached hydrogens (tertiary/aromatic N) is 1. The SMILES string of the molecule is CCC/C=C/C(=O)N1[C@H](c2ccccc2)C[C@H]1c1ccccc1. The number of amides is 1. The van der Waals surface area contributed by atoms with E-state index in [9.17, 15) is 4.79 Å². The number of carbonyl (C=O) groups is 1. The maximum absolute atomic E-state index is 12.7. The first-order valence-corrected chi connectivity index (χ1v) is 8.40. The van der Waals surface area contributed by atoms with Gasteiger partial charge in [-0.1, -0.05) is 80.1 Å². The molecule has 118 valence electrons. The Labute approximate surface area is 138 Å². The molecule has 2 aromatic rings. The fraction of sp³-hybridized carbons (Fsp3) is 0.286. The fourth-order valence-corrected chi connectivity index (χ4v) is 3.21. The Morgan fingerprint density at radius 2 is 1.52 bits per heavy atom. The zero-order valence-corrected chi connectivity index (χ0v) is 13.6. The van der Waals surface area contributed by atoms with Crippen LogP contribution in [0.2, 0.25) is 0 Å². The molecule has 2 aromatic carbocycles. The molecule has 3 rings (SSSR count). The smallest absolute Gasteiger partial charge is 0.247 e. The predicted octanol–water partition coefficient (Wildman–Crippen LogP) is 5.06. The van der Waals surface area contributed by atoms with E-state index in [4.69, 9.17) is 0 Å². The Bertz CT molecular complexity index is 617. The van der Waals surface area contributed by atoms with Gasteiger partial charge in [0.15, 0.2) is 0 Å². The number of benzene rings is 2. The van der Waals surface area contributed by atoms with E-state index in [-0.39, 0.29) is 18.0 Å². The van der Waals surface area contributed by atoms with Crippen LogP contribution in [0.25, 0.3) is 0 Å². The van der Waals surface area contributed by atoms with Crippen LogP contribution in [0, 0.1) is 0 Å². The molecule has 23 heavy (non-hydrogen) atoms. The highest BCUT2D eigenvalue weighted by molar-refractivity contribution is 5.89. The van der Waals surface area contributed by atoms with Gasteiger partial charge in [0.05, 0.1) is 12.1 Å². The monoisotopic (exact) mass is 305 g/mol. The summed E-state index contributed by atoms with van der Waals surface area (Å²) in [6.45, 7) is 2.12. The van der Waals surface area contributed by atoms with Gasteiger partial charge in [-0.15, -0.1) is 0 Å². The summed E-state index contributed by atoms with van der Waals surface area (Å²) in [5.41, 5.74) is 2.44. The number of unbranched alkanes of at least 4 members (excludes halogenated alkanes) is 1. The number of rotatable bonds is 5. The Hall–Kier alpha value is -2.35. The van der Waals surface area contributed by atoms with E-state index in [1.807, 2.05) is 47.4 Å². The van der Waals surface area contributed by atoms with Crippen molar-refractivity contribution in [2.45, 2.75) is 38.3 Å². The van der Waals surface area contributed by atoms with Gasteiger partial charge in [-0.2, -0.15) is 0 Å². The van der Waals surface area contributed by atoms with Crippen molar-refractivity contribution in [3.05, 3.63) is 83.9 Å². The lowest BCUT2D eigenvalue weighted by atomic mass is 9.83. The molecule has 2 atom stereocenters. The molecule has 1 amide bonds. The zero-order chi connectivity index (χ0) is 16.1. The topological polar surface area (TPSA) is 20.3 Å². The molecule has 2 nitrogen and oxygen atoms in total. The molecule has 1 heterocycles. The summed E-state index contributed by atoms with van der Waals surface area (Å²) < 4.78 is 0. The highest BCUT2D eigenvalue weighted by atomic mass is 16.2. The second-order valence-electron chi connectivity index (χ2n) is 6.03. The van der Waals surface area contributed by atoms with Gasteiger partial charge in [0.2, 0.25) is 5.91 Å². The molecule has 0 aromatic heterocycles. The second kappa shape index (κ2) is 7.28. The molecule has 1 fully saturated rings. The highest BCUT2D eigenvalue weighted by Gasteiger charge is 2.42. The molecular formula is C21H23NO. The second-order valence-corrected chi connectivity index (χ2v) is 6.03. The van der Waals surface area contributed by atoms with Crippen molar-refractivity contribution in [3.63, 3.8) is 0 Å². The Kier molecular flexibility index (Phi) is 4.92. The molecule has 1 aliphatic heterocycles. The predicted molar refractivity (Wildman–Crippen MR) is 93.9 cm³/mol. The zero-order valence-electron chi connectivity index (χ0n) is 13.6. The van der Waals surface area contributed by atoms with E-state index >= 15 is 0 Å². The van der Waals surface area contributed by atoms with Crippen molar-refractivity contribution in [1.29, 1.82) is 0 Å². The third-order valence-electron chi connectivity index (χ3n) is 4.46. The fourth-order valence-electron chi connectivity index (χ4n) is 3.21. The first kappa shape index (κ1) is 15.5. The van der Waals surface area contributed by atoms with Crippen molar-refractivity contribution in [3.8, 4) is 0 Å². The minimum atomic E-state index is 0.118. The number of allylic oxidation sites excluding steroid dienone is 1. The van der Waals surface area contributed by atoms with Gasteiger partial charge < -0.3 is 4.90 Å². The van der Waals surface area contributed by atoms with E-state index in [0.29, 0.717) is 0 Å². The minimum absolute atomic E-state index is 0.118. The summed E-state index contributed by atoms with van der Waals surface area (Å²) >= 11 is 0. The lowest BCUT2D eigenvalue weighted by molar-refractivity contribution is -0.140. The molecule has 1 aliphatic rings. The van der Waals surface area contributed by atoms with Crippen LogP contribution in [0.4, 0.5) is 0 Å². The number of hydrogen-bond donors (Lipinski definition) is 0. The van der Waals surface area contributed by atoms with Gasteiger partial charge >= 0.3 is 0 Å². The summed E-state index contributed by atoms with van der Waals surface area (Å²) in [7, 11) is 0. The Morgan fingerprint density at radius 1 is 1.00 bits per heavy atom. The van der Waals surface area contributed by atoms with Crippen LogP contribution in [0.3, 0.4) is 0 Å². The van der Waals surface area contributed by atoms with E-state index in [1.165, 1.54) is 11.1 Å². The lowest BCUT2D eigenvalue weighted by Gasteiger charge is -2.49. The average molecular weight is 305 g/mol. The van der Waals surface area contributed by atoms with Crippen LogP contribution in [0.5, 0.6) is 0 Å². The van der Waals surface area contributed by atoms with Crippen molar-refractivity contribution in [1.82, 2.24) is 4.90 Å². The quantitative estimate of drug-likeness (QED) is 0.707. The average Bonchev–Trinajstić information content (AvgIpc) is 2.56. The van der Waals surface area contributed by atoms with Crippen molar-refractivity contribution >= 4 is 5.91 Å². The van der Waals surface area contributed by atoms with Crippen molar-refractivity contribution in [2.24, 2.45) is 0 Å². The van der Waals surface area contributed by atoms with Crippen LogP contribution < -0.4 is 0 Å². The maximum atomic E-state index is 12.7. The van der Waals surface area contributed by atoms with Gasteiger partial charge in [0.25, 0.3) is 0 Å². The molecule has 0 saturated carbocycles. The van der Waals surface area contributed by atoms with Crippen molar-refractivity contribution < 1.29 is 4.79 Å². The largest absolute Gasteiger partial charge is 0.325 e. The van der Waals surface area contributed by atoms with Gasteiger partial charge in [0, 0.05) is 0 Å². The highest BCUT2D eigenvalue weighted by Crippen LogP contribution is 2.47. The third-order valence-corrected chi connectivity index (χ3v) is 4.46. The summed E-state index contributed by atoms with van der Waals surface area (Å²) in [5, 5.41) is 0. The van der Waals surface area contributed by atoms with Crippen molar-refractivity contribution in [2.75, 3.05) is 0 Å². The summed E-state index contributed by atoms with van der Waals surface area (Å²) in [4.78, 5) is 14.7. The molecule has 2 heteroatoms. The van der Waals surface area contributed by atoms with Crippen LogP contribution in [-0.2, 0) is 4.79 Å². The van der Waals surface area contributed by atoms with Crippen LogP contribution in [0.1, 0.15) is 49.4 Å². The molecule has 1 saturated heterocycles. The summed E-state index contributed by atoms with van der Waals surface area (Å²) in [5.74, 6) is 0.118. The molecule has 0 bridgehead atoms. The molecule has 0 radical (unpaired) electrons. The molecule has 0 N–H and O–H groups in total. The molecule has 0 spiro atoms. The van der Waals surface area contributed by atoms with E-state index in [2.05, 4.69) is 31.2 Å². The van der Waals surface area contributed by atoms with Gasteiger partial charge in [-0.25, -0.2) is 0 Å². The Morgan fingerprint density at radius 3 is 2.00 bits per heavy atom. The van der Waals surface area contributed by atoms with Crippen LogP contribution in [0.15, 0.2) is 72.8 Å². The number of likely N-dealkylation sites (tertiary alicyclic amines) is 1. The first-order chi connectivity index (χ1) is 11.3. The van der Waals surface area contributed by atoms with Gasteiger partial charge in [-0.05, 0) is 30.0 Å². The van der Waals surface area contributed by atoms with E-state index < -0.39 is 0 Å². The normalized spacial score (nSPS) is 20.5. The van der Waals surface area contributed by atoms with Crippen LogP contribution >= 0.6 is 0 Å². The van der Waals surface area contributed by atoms with Gasteiger partial charge in [-0.3, -0.25) is 4.79 Å². The summed E-state index contributed by atoms with van der Waals surface area (Å²) in [6, 6.07) is 21.0. The minimum Gasteiger partial charge on any atom is -0.325 e. The van der Waals surface area contributed by atoms with Gasteiger partial charge in [0.1, 0.15) is 0 Å².